The maximum absolute atomic E-state index is 11.5. The molecule has 0 aromatic carbocycles. The lowest BCUT2D eigenvalue weighted by Crippen LogP contribution is -2.44. The molecule has 1 heterocycles. The van der Waals surface area contributed by atoms with E-state index in [2.05, 4.69) is 27.7 Å². The Morgan fingerprint density at radius 1 is 1.00 bits per heavy atom. The van der Waals surface area contributed by atoms with E-state index in [0.29, 0.717) is 13.0 Å². The smallest absolute Gasteiger partial charge is 0.305 e. The Morgan fingerprint density at radius 2 is 1.62 bits per heavy atom. The van der Waals surface area contributed by atoms with E-state index in [0.717, 1.165) is 25.7 Å². The molecule has 0 saturated carbocycles. The molecule has 1 aliphatic rings. The lowest BCUT2D eigenvalue weighted by Gasteiger charge is -2.41. The Bertz CT molecular complexity index is 348. The molecule has 0 aromatic heterocycles. The van der Waals surface area contributed by atoms with Gasteiger partial charge in [-0.2, -0.15) is 0 Å². The minimum atomic E-state index is -0.157. The van der Waals surface area contributed by atoms with Crippen LogP contribution in [0.3, 0.4) is 0 Å². The Morgan fingerprint density at radius 3 is 2.17 bits per heavy atom. The summed E-state index contributed by atoms with van der Waals surface area (Å²) in [6.45, 7) is 11.0. The van der Waals surface area contributed by atoms with E-state index in [-0.39, 0.29) is 29.9 Å². The number of carbonyl (C=O) groups is 1. The van der Waals surface area contributed by atoms with Crippen molar-refractivity contribution in [3.8, 4) is 0 Å². The molecule has 0 amide bonds. The van der Waals surface area contributed by atoms with Crippen molar-refractivity contribution in [3.05, 3.63) is 0 Å². The van der Waals surface area contributed by atoms with Crippen LogP contribution in [0.4, 0.5) is 0 Å². The lowest BCUT2D eigenvalue weighted by atomic mass is 9.92. The second-order valence-electron chi connectivity index (χ2n) is 8.00. The molecule has 1 fully saturated rings. The molecule has 0 unspecified atom stereocenters. The van der Waals surface area contributed by atoms with Crippen molar-refractivity contribution in [1.29, 1.82) is 0 Å². The molecule has 0 N–H and O–H groups in total. The minimum absolute atomic E-state index is 0.0263. The van der Waals surface area contributed by atoms with E-state index in [1.807, 2.05) is 6.92 Å². The summed E-state index contributed by atoms with van der Waals surface area (Å²) >= 11 is 0. The number of hydrogen-bond donors (Lipinski definition) is 0. The van der Waals surface area contributed by atoms with Crippen molar-refractivity contribution in [1.82, 2.24) is 0 Å². The predicted octanol–water partition coefficient (Wildman–Crippen LogP) is 5.24. The SMILES string of the molecule is CCCCCC[C@H]1C[C@H](CCCC(=O)OCC)O[C@@H](C(C)(C)C)O1. The summed E-state index contributed by atoms with van der Waals surface area (Å²) in [6.07, 6.45) is 9.65. The molecule has 1 rings (SSSR count). The van der Waals surface area contributed by atoms with Crippen LogP contribution in [0.25, 0.3) is 0 Å². The van der Waals surface area contributed by atoms with Crippen LogP contribution in [0.1, 0.15) is 92.4 Å². The van der Waals surface area contributed by atoms with Gasteiger partial charge in [-0.25, -0.2) is 0 Å². The van der Waals surface area contributed by atoms with Gasteiger partial charge < -0.3 is 14.2 Å². The van der Waals surface area contributed by atoms with E-state index in [9.17, 15) is 4.79 Å². The summed E-state index contributed by atoms with van der Waals surface area (Å²) in [5, 5.41) is 0. The third-order valence-electron chi connectivity index (χ3n) is 4.46. The average molecular weight is 343 g/mol. The van der Waals surface area contributed by atoms with Crippen LogP contribution < -0.4 is 0 Å². The third-order valence-corrected chi connectivity index (χ3v) is 4.46. The standard InChI is InChI=1S/C20H38O4/c1-6-8-9-10-12-16-15-17(13-11-14-18(21)22-7-2)24-19(23-16)20(3,4)5/h16-17,19H,6-15H2,1-5H3/t16-,17-,19-/m0/s1. The van der Waals surface area contributed by atoms with E-state index < -0.39 is 0 Å². The van der Waals surface area contributed by atoms with E-state index in [1.54, 1.807) is 0 Å². The van der Waals surface area contributed by atoms with Gasteiger partial charge in [0.15, 0.2) is 6.29 Å². The van der Waals surface area contributed by atoms with Gasteiger partial charge >= 0.3 is 5.97 Å². The van der Waals surface area contributed by atoms with E-state index in [1.165, 1.54) is 25.7 Å². The van der Waals surface area contributed by atoms with E-state index in [4.69, 9.17) is 14.2 Å². The molecule has 4 nitrogen and oxygen atoms in total. The minimum Gasteiger partial charge on any atom is -0.466 e. The normalized spacial score (nSPS) is 24.8. The van der Waals surface area contributed by atoms with Crippen molar-refractivity contribution in [2.75, 3.05) is 6.61 Å². The zero-order valence-electron chi connectivity index (χ0n) is 16.4. The van der Waals surface area contributed by atoms with Crippen molar-refractivity contribution in [3.63, 3.8) is 0 Å². The molecule has 0 aromatic rings. The summed E-state index contributed by atoms with van der Waals surface area (Å²) < 4.78 is 17.4. The van der Waals surface area contributed by atoms with Crippen LogP contribution in [-0.2, 0) is 19.0 Å². The Balaban J connectivity index is 2.45. The zero-order chi connectivity index (χ0) is 18.0. The molecule has 142 valence electrons. The fourth-order valence-corrected chi connectivity index (χ4v) is 3.07. The van der Waals surface area contributed by atoms with Crippen molar-refractivity contribution >= 4 is 5.97 Å². The molecule has 0 spiro atoms. The predicted molar refractivity (Wildman–Crippen MR) is 96.8 cm³/mol. The number of carbonyl (C=O) groups excluding carboxylic acids is 1. The molecule has 0 radical (unpaired) electrons. The van der Waals surface area contributed by atoms with Gasteiger partial charge in [0.25, 0.3) is 0 Å². The van der Waals surface area contributed by atoms with Crippen LogP contribution in [0.2, 0.25) is 0 Å². The first-order valence-electron chi connectivity index (χ1n) is 9.83. The van der Waals surface area contributed by atoms with Gasteiger partial charge in [0.2, 0.25) is 0 Å². The first-order chi connectivity index (χ1) is 11.4. The van der Waals surface area contributed by atoms with Gasteiger partial charge in [-0.05, 0) is 32.6 Å². The number of esters is 1. The Kier molecular flexibility index (Phi) is 9.91. The van der Waals surface area contributed by atoms with Crippen LogP contribution in [0.15, 0.2) is 0 Å². The van der Waals surface area contributed by atoms with E-state index >= 15 is 0 Å². The van der Waals surface area contributed by atoms with Gasteiger partial charge in [0.05, 0.1) is 18.8 Å². The molecule has 24 heavy (non-hydrogen) atoms. The molecular weight excluding hydrogens is 304 g/mol. The number of unbranched alkanes of at least 4 members (excludes halogenated alkanes) is 3. The van der Waals surface area contributed by atoms with Gasteiger partial charge in [-0.1, -0.05) is 53.4 Å². The first kappa shape index (κ1) is 21.4. The van der Waals surface area contributed by atoms with Crippen LogP contribution in [0.5, 0.6) is 0 Å². The first-order valence-corrected chi connectivity index (χ1v) is 9.83. The van der Waals surface area contributed by atoms with Crippen molar-refractivity contribution < 1.29 is 19.0 Å². The molecule has 1 saturated heterocycles. The molecular formula is C20H38O4. The monoisotopic (exact) mass is 342 g/mol. The van der Waals surface area contributed by atoms with Crippen LogP contribution >= 0.6 is 0 Å². The fraction of sp³-hybridized carbons (Fsp3) is 0.950. The van der Waals surface area contributed by atoms with Crippen LogP contribution in [-0.4, -0.2) is 31.1 Å². The quantitative estimate of drug-likeness (QED) is 0.402. The highest BCUT2D eigenvalue weighted by Gasteiger charge is 2.36. The fourth-order valence-electron chi connectivity index (χ4n) is 3.07. The maximum Gasteiger partial charge on any atom is 0.305 e. The molecule has 3 atom stereocenters. The number of ether oxygens (including phenoxy) is 3. The number of hydrogen-bond acceptors (Lipinski definition) is 4. The van der Waals surface area contributed by atoms with Gasteiger partial charge in [-0.15, -0.1) is 0 Å². The zero-order valence-corrected chi connectivity index (χ0v) is 16.4. The summed E-state index contributed by atoms with van der Waals surface area (Å²) in [6, 6.07) is 0. The highest BCUT2D eigenvalue weighted by atomic mass is 16.7. The maximum atomic E-state index is 11.5. The van der Waals surface area contributed by atoms with Gasteiger partial charge in [-0.3, -0.25) is 4.79 Å². The van der Waals surface area contributed by atoms with Gasteiger partial charge in [0, 0.05) is 11.8 Å². The molecule has 0 bridgehead atoms. The number of rotatable bonds is 10. The highest BCUT2D eigenvalue weighted by molar-refractivity contribution is 5.69. The molecule has 1 aliphatic heterocycles. The Labute approximate surface area is 148 Å². The van der Waals surface area contributed by atoms with Crippen LogP contribution in [0, 0.1) is 5.41 Å². The Hall–Kier alpha value is -0.610. The second kappa shape index (κ2) is 11.1. The highest BCUT2D eigenvalue weighted by Crippen LogP contribution is 2.34. The average Bonchev–Trinajstić information content (AvgIpc) is 2.51. The summed E-state index contributed by atoms with van der Waals surface area (Å²) in [7, 11) is 0. The van der Waals surface area contributed by atoms with Crippen molar-refractivity contribution in [2.24, 2.45) is 5.41 Å². The summed E-state index contributed by atoms with van der Waals surface area (Å²) in [4.78, 5) is 11.5. The van der Waals surface area contributed by atoms with Crippen molar-refractivity contribution in [2.45, 2.75) is 111 Å². The van der Waals surface area contributed by atoms with Gasteiger partial charge in [0.1, 0.15) is 0 Å². The third kappa shape index (κ3) is 8.48. The molecule has 0 aliphatic carbocycles. The lowest BCUT2D eigenvalue weighted by molar-refractivity contribution is -0.281. The molecule has 4 heteroatoms. The summed E-state index contributed by atoms with van der Waals surface area (Å²) in [5.41, 5.74) is -0.0263. The largest absolute Gasteiger partial charge is 0.466 e. The second-order valence-corrected chi connectivity index (χ2v) is 8.00. The summed E-state index contributed by atoms with van der Waals surface area (Å²) in [5.74, 6) is -0.104. The topological polar surface area (TPSA) is 44.8 Å².